The number of aromatic nitrogens is 3. The number of rotatable bonds is 3. The van der Waals surface area contributed by atoms with Crippen molar-refractivity contribution in [1.29, 1.82) is 0 Å². The molecule has 0 aliphatic carbocycles. The van der Waals surface area contributed by atoms with E-state index in [4.69, 9.17) is 0 Å². The molecule has 2 aromatic heterocycles. The molecular formula is C10H10N4OS. The lowest BCUT2D eigenvalue weighted by atomic mass is 10.3. The van der Waals surface area contributed by atoms with Crippen LogP contribution >= 0.6 is 11.3 Å². The smallest absolute Gasteiger partial charge is 0.272 e. The second kappa shape index (κ2) is 4.80. The summed E-state index contributed by atoms with van der Waals surface area (Å²) in [6, 6.07) is 3.30. The molecule has 0 spiro atoms. The van der Waals surface area contributed by atoms with E-state index < -0.39 is 0 Å². The molecule has 0 saturated carbocycles. The van der Waals surface area contributed by atoms with Crippen molar-refractivity contribution in [2.24, 2.45) is 0 Å². The lowest BCUT2D eigenvalue weighted by Crippen LogP contribution is -2.23. The van der Waals surface area contributed by atoms with Crippen LogP contribution in [0.25, 0.3) is 0 Å². The Morgan fingerprint density at radius 2 is 2.44 bits per heavy atom. The fraction of sp³-hybridized carbons (Fsp3) is 0.200. The zero-order chi connectivity index (χ0) is 11.4. The van der Waals surface area contributed by atoms with Crippen LogP contribution in [0.4, 0.5) is 0 Å². The van der Waals surface area contributed by atoms with Gasteiger partial charge in [-0.1, -0.05) is 0 Å². The van der Waals surface area contributed by atoms with Crippen LogP contribution in [-0.4, -0.2) is 21.1 Å². The van der Waals surface area contributed by atoms with Crippen molar-refractivity contribution in [2.75, 3.05) is 0 Å². The molecule has 82 valence electrons. The summed E-state index contributed by atoms with van der Waals surface area (Å²) < 4.78 is 0. The van der Waals surface area contributed by atoms with Gasteiger partial charge in [-0.25, -0.2) is 4.98 Å². The first-order valence-electron chi connectivity index (χ1n) is 4.73. The van der Waals surface area contributed by atoms with Gasteiger partial charge in [-0.05, 0) is 19.1 Å². The summed E-state index contributed by atoms with van der Waals surface area (Å²) in [4.78, 5) is 16.7. The van der Waals surface area contributed by atoms with E-state index in [0.29, 0.717) is 12.2 Å². The molecule has 0 aliphatic rings. The maximum atomic E-state index is 11.6. The molecule has 0 atom stereocenters. The Kier molecular flexibility index (Phi) is 3.21. The fourth-order valence-corrected chi connectivity index (χ4v) is 1.90. The van der Waals surface area contributed by atoms with E-state index in [0.717, 1.165) is 9.88 Å². The summed E-state index contributed by atoms with van der Waals surface area (Å²) in [5.74, 6) is -0.223. The molecule has 0 fully saturated rings. The minimum atomic E-state index is -0.223. The minimum absolute atomic E-state index is 0.223. The van der Waals surface area contributed by atoms with Gasteiger partial charge in [0.05, 0.1) is 11.6 Å². The lowest BCUT2D eigenvalue weighted by Gasteiger charge is -2.00. The van der Waals surface area contributed by atoms with Gasteiger partial charge in [0.1, 0.15) is 0 Å². The molecular weight excluding hydrogens is 224 g/mol. The highest BCUT2D eigenvalue weighted by molar-refractivity contribution is 7.11. The molecule has 0 bridgehead atoms. The zero-order valence-electron chi connectivity index (χ0n) is 8.67. The number of nitrogens with zero attached hydrogens (tertiary/aromatic N) is 3. The second-order valence-electron chi connectivity index (χ2n) is 3.14. The Hall–Kier alpha value is -1.82. The molecule has 0 saturated heterocycles. The number of carbonyl (C=O) groups excluding carboxylic acids is 1. The average Bonchev–Trinajstić information content (AvgIpc) is 2.73. The predicted octanol–water partition coefficient (Wildman–Crippen LogP) is 1.17. The van der Waals surface area contributed by atoms with E-state index >= 15 is 0 Å². The quantitative estimate of drug-likeness (QED) is 0.865. The van der Waals surface area contributed by atoms with Crippen molar-refractivity contribution >= 4 is 17.2 Å². The Labute approximate surface area is 96.6 Å². The monoisotopic (exact) mass is 234 g/mol. The largest absolute Gasteiger partial charge is 0.346 e. The number of aryl methyl sites for hydroxylation is 1. The summed E-state index contributed by atoms with van der Waals surface area (Å²) in [6.07, 6.45) is 3.29. The van der Waals surface area contributed by atoms with Gasteiger partial charge in [0, 0.05) is 17.3 Å². The van der Waals surface area contributed by atoms with Gasteiger partial charge < -0.3 is 5.32 Å². The van der Waals surface area contributed by atoms with E-state index in [9.17, 15) is 4.79 Å². The van der Waals surface area contributed by atoms with Crippen LogP contribution < -0.4 is 5.32 Å². The van der Waals surface area contributed by atoms with Gasteiger partial charge in [0.15, 0.2) is 5.69 Å². The molecule has 2 heterocycles. The summed E-state index contributed by atoms with van der Waals surface area (Å²) in [7, 11) is 0. The third-order valence-electron chi connectivity index (χ3n) is 1.90. The van der Waals surface area contributed by atoms with Gasteiger partial charge in [0.2, 0.25) is 0 Å². The highest BCUT2D eigenvalue weighted by Crippen LogP contribution is 2.10. The van der Waals surface area contributed by atoms with E-state index in [1.54, 1.807) is 29.7 Å². The van der Waals surface area contributed by atoms with Crippen LogP contribution in [0.15, 0.2) is 24.5 Å². The van der Waals surface area contributed by atoms with Gasteiger partial charge >= 0.3 is 0 Å². The Bertz CT molecular complexity index is 483. The van der Waals surface area contributed by atoms with E-state index in [2.05, 4.69) is 20.5 Å². The van der Waals surface area contributed by atoms with Crippen molar-refractivity contribution in [3.63, 3.8) is 0 Å². The standard InChI is InChI=1S/C10H10N4OS/c1-7-11-5-8(16-7)6-12-10(15)9-3-2-4-13-14-9/h2-5H,6H2,1H3,(H,12,15). The molecule has 0 radical (unpaired) electrons. The minimum Gasteiger partial charge on any atom is -0.346 e. The summed E-state index contributed by atoms with van der Waals surface area (Å²) in [6.45, 7) is 2.40. The fourth-order valence-electron chi connectivity index (χ4n) is 1.17. The van der Waals surface area contributed by atoms with E-state index in [1.165, 1.54) is 6.20 Å². The zero-order valence-corrected chi connectivity index (χ0v) is 9.49. The van der Waals surface area contributed by atoms with E-state index in [1.807, 2.05) is 6.92 Å². The maximum absolute atomic E-state index is 11.6. The molecule has 1 N–H and O–H groups in total. The number of nitrogens with one attached hydrogen (secondary N) is 1. The van der Waals surface area contributed by atoms with Gasteiger partial charge in [-0.2, -0.15) is 5.10 Å². The van der Waals surface area contributed by atoms with Crippen molar-refractivity contribution in [3.05, 3.63) is 40.1 Å². The molecule has 1 amide bonds. The summed E-state index contributed by atoms with van der Waals surface area (Å²) >= 11 is 1.56. The van der Waals surface area contributed by atoms with Crippen molar-refractivity contribution < 1.29 is 4.79 Å². The molecule has 5 nitrogen and oxygen atoms in total. The topological polar surface area (TPSA) is 67.8 Å². The van der Waals surface area contributed by atoms with Crippen molar-refractivity contribution in [2.45, 2.75) is 13.5 Å². The number of carbonyl (C=O) groups is 1. The second-order valence-corrected chi connectivity index (χ2v) is 4.46. The number of thiazole rings is 1. The molecule has 2 aromatic rings. The Balaban J connectivity index is 1.94. The molecule has 16 heavy (non-hydrogen) atoms. The van der Waals surface area contributed by atoms with Gasteiger partial charge in [-0.3, -0.25) is 4.79 Å². The van der Waals surface area contributed by atoms with Gasteiger partial charge in [0.25, 0.3) is 5.91 Å². The van der Waals surface area contributed by atoms with E-state index in [-0.39, 0.29) is 5.91 Å². The lowest BCUT2D eigenvalue weighted by molar-refractivity contribution is 0.0945. The van der Waals surface area contributed by atoms with Crippen molar-refractivity contribution in [1.82, 2.24) is 20.5 Å². The first-order chi connectivity index (χ1) is 7.75. The van der Waals surface area contributed by atoms with Crippen LogP contribution in [-0.2, 0) is 6.54 Å². The maximum Gasteiger partial charge on any atom is 0.272 e. The Morgan fingerprint density at radius 3 is 3.06 bits per heavy atom. The van der Waals surface area contributed by atoms with Crippen molar-refractivity contribution in [3.8, 4) is 0 Å². The molecule has 0 unspecified atom stereocenters. The predicted molar refractivity (Wildman–Crippen MR) is 60.1 cm³/mol. The number of hydrogen-bond acceptors (Lipinski definition) is 5. The third kappa shape index (κ3) is 2.60. The third-order valence-corrected chi connectivity index (χ3v) is 2.81. The first kappa shape index (κ1) is 10.7. The van der Waals surface area contributed by atoms with Crippen LogP contribution in [0.2, 0.25) is 0 Å². The summed E-state index contributed by atoms with van der Waals surface area (Å²) in [5, 5.41) is 11.1. The van der Waals surface area contributed by atoms with Crippen LogP contribution in [0.5, 0.6) is 0 Å². The van der Waals surface area contributed by atoms with Crippen LogP contribution in [0.1, 0.15) is 20.4 Å². The number of amides is 1. The Morgan fingerprint density at radius 1 is 1.56 bits per heavy atom. The SMILES string of the molecule is Cc1ncc(CNC(=O)c2cccnn2)s1. The number of hydrogen-bond donors (Lipinski definition) is 1. The summed E-state index contributed by atoms with van der Waals surface area (Å²) in [5.41, 5.74) is 0.323. The first-order valence-corrected chi connectivity index (χ1v) is 5.54. The highest BCUT2D eigenvalue weighted by atomic mass is 32.1. The molecule has 2 rings (SSSR count). The van der Waals surface area contributed by atoms with Crippen LogP contribution in [0.3, 0.4) is 0 Å². The van der Waals surface area contributed by atoms with Crippen LogP contribution in [0, 0.1) is 6.92 Å². The normalized spacial score (nSPS) is 10.1. The van der Waals surface area contributed by atoms with Gasteiger partial charge in [-0.15, -0.1) is 16.4 Å². The molecule has 0 aromatic carbocycles. The molecule has 0 aliphatic heterocycles. The average molecular weight is 234 g/mol. The highest BCUT2D eigenvalue weighted by Gasteiger charge is 2.07. The molecule has 6 heteroatoms.